The number of aliphatic hydroxyl groups is 4. The molecule has 0 radical (unpaired) electrons. The van der Waals surface area contributed by atoms with Crippen LogP contribution in [0.25, 0.3) is 5.70 Å². The fraction of sp³-hybridized carbons (Fsp3) is 0.406. The van der Waals surface area contributed by atoms with Gasteiger partial charge in [0.15, 0.2) is 6.29 Å². The van der Waals surface area contributed by atoms with E-state index in [1.807, 2.05) is 0 Å². The Kier molecular flexibility index (Phi) is 12.4. The molecule has 1 aliphatic heterocycles. The minimum absolute atomic E-state index is 0.0186. The van der Waals surface area contributed by atoms with Gasteiger partial charge in [-0.1, -0.05) is 30.2 Å². The van der Waals surface area contributed by atoms with Gasteiger partial charge in [0, 0.05) is 29.5 Å². The first kappa shape index (κ1) is 35.4. The van der Waals surface area contributed by atoms with Gasteiger partial charge in [0.05, 0.1) is 31.0 Å². The van der Waals surface area contributed by atoms with Crippen molar-refractivity contribution in [2.75, 3.05) is 13.2 Å². The number of carbonyl (C=O) groups is 1. The normalized spacial score (nSPS) is 30.1. The molecule has 1 aliphatic carbocycles. The number of hydrogen-bond donors (Lipinski definition) is 8. The highest BCUT2D eigenvalue weighted by Crippen LogP contribution is 2.32. The van der Waals surface area contributed by atoms with Crippen molar-refractivity contribution in [2.24, 2.45) is 27.6 Å². The standard InChI is InChI=1S/C32H38F2N6O7/c1-2-9-37-31(45)19-12-23(38-14-22(35)17-5-3-7-20(33)10-17)28(42)25(13-19)46-32-30(44)27(29(43)26(16-41)47-32)39-15-24(40-36)18-6-4-8-21(34)11-18/h1,3-8,10-11,14-15,19,23,25-30,32,38,41-44H,9,12-13,16,35-36H2,(H,37,45)/b22-14-,39-15?,40-24?/t19?,23?,25-,26?,27?,28?,29+,30?,32-/m1/s1. The summed E-state index contributed by atoms with van der Waals surface area (Å²) in [5.74, 6) is 5.64. The number of carbonyl (C=O) groups excluding carboxylic acids is 1. The van der Waals surface area contributed by atoms with Crippen LogP contribution in [0.1, 0.15) is 24.0 Å². The molecule has 2 aromatic rings. The van der Waals surface area contributed by atoms with Crippen molar-refractivity contribution in [1.82, 2.24) is 10.6 Å². The van der Waals surface area contributed by atoms with E-state index in [-0.39, 0.29) is 36.4 Å². The zero-order valence-electron chi connectivity index (χ0n) is 25.2. The van der Waals surface area contributed by atoms with Gasteiger partial charge in [0.25, 0.3) is 0 Å². The molecule has 47 heavy (non-hydrogen) atoms. The number of rotatable bonds is 11. The molecule has 0 aromatic heterocycles. The SMILES string of the molecule is C#CCNC(=O)C1CC(N/C=C(\N)c2cccc(F)c2)C(O)[C@H](O[C@@H]2OC(CO)[C@H](O)C(N=CC(=NN)c3cccc(F)c3)C2O)C1. The van der Waals surface area contributed by atoms with Crippen LogP contribution < -0.4 is 22.2 Å². The summed E-state index contributed by atoms with van der Waals surface area (Å²) in [6.45, 7) is -0.710. The maximum Gasteiger partial charge on any atom is 0.224 e. The molecule has 13 nitrogen and oxygen atoms in total. The molecule has 0 spiro atoms. The van der Waals surface area contributed by atoms with E-state index in [2.05, 4.69) is 26.6 Å². The first-order valence-electron chi connectivity index (χ1n) is 14.8. The number of hydrogen-bond acceptors (Lipinski definition) is 12. The predicted molar refractivity (Wildman–Crippen MR) is 168 cm³/mol. The molecule has 1 saturated carbocycles. The van der Waals surface area contributed by atoms with Crippen molar-refractivity contribution in [3.05, 3.63) is 77.5 Å². The molecule has 0 bridgehead atoms. The van der Waals surface area contributed by atoms with Crippen LogP contribution in [0.5, 0.6) is 0 Å². The summed E-state index contributed by atoms with van der Waals surface area (Å²) in [6.07, 6.45) is -0.452. The van der Waals surface area contributed by atoms with Gasteiger partial charge >= 0.3 is 0 Å². The number of hydrazone groups is 1. The Bertz CT molecular complexity index is 1520. The number of nitrogens with zero attached hydrogens (tertiary/aromatic N) is 2. The third kappa shape index (κ3) is 8.89. The topological polar surface area (TPSA) is 217 Å². The van der Waals surface area contributed by atoms with Gasteiger partial charge in [0.1, 0.15) is 47.8 Å². The first-order chi connectivity index (χ1) is 22.6. The van der Waals surface area contributed by atoms with E-state index in [1.165, 1.54) is 48.7 Å². The number of amides is 1. The number of terminal acetylenes is 1. The molecule has 10 N–H and O–H groups in total. The number of nitrogens with two attached hydrogens (primary N) is 2. The van der Waals surface area contributed by atoms with Crippen molar-refractivity contribution >= 4 is 23.5 Å². The Morgan fingerprint density at radius 2 is 1.77 bits per heavy atom. The second-order valence-corrected chi connectivity index (χ2v) is 11.1. The average molecular weight is 657 g/mol. The molecule has 1 saturated heterocycles. The van der Waals surface area contributed by atoms with Crippen molar-refractivity contribution in [1.29, 1.82) is 0 Å². The van der Waals surface area contributed by atoms with Crippen LogP contribution in [0.3, 0.4) is 0 Å². The van der Waals surface area contributed by atoms with Crippen molar-refractivity contribution in [3.8, 4) is 12.3 Å². The molecular weight excluding hydrogens is 618 g/mol. The van der Waals surface area contributed by atoms with Crippen LogP contribution in [0.4, 0.5) is 8.78 Å². The highest BCUT2D eigenvalue weighted by Gasteiger charge is 2.48. The molecule has 2 aromatic carbocycles. The van der Waals surface area contributed by atoms with Crippen LogP contribution in [0, 0.1) is 29.9 Å². The largest absolute Gasteiger partial charge is 0.397 e. The molecule has 15 heteroatoms. The van der Waals surface area contributed by atoms with Gasteiger partial charge in [0.2, 0.25) is 5.91 Å². The zero-order valence-corrected chi connectivity index (χ0v) is 25.2. The van der Waals surface area contributed by atoms with E-state index in [9.17, 15) is 34.0 Å². The number of nitrogens with one attached hydrogen (secondary N) is 2. The predicted octanol–water partition coefficient (Wildman–Crippen LogP) is -0.673. The monoisotopic (exact) mass is 656 g/mol. The van der Waals surface area contributed by atoms with E-state index >= 15 is 0 Å². The fourth-order valence-electron chi connectivity index (χ4n) is 5.48. The molecule has 6 unspecified atom stereocenters. The maximum absolute atomic E-state index is 13.8. The summed E-state index contributed by atoms with van der Waals surface area (Å²) < 4.78 is 39.2. The van der Waals surface area contributed by atoms with Crippen molar-refractivity contribution in [3.63, 3.8) is 0 Å². The summed E-state index contributed by atoms with van der Waals surface area (Å²) in [7, 11) is 0. The Hall–Kier alpha value is -4.43. The second kappa shape index (κ2) is 16.4. The molecule has 1 amide bonds. The van der Waals surface area contributed by atoms with E-state index in [0.29, 0.717) is 5.56 Å². The molecule has 2 aliphatic rings. The molecule has 1 heterocycles. The quantitative estimate of drug-likeness (QED) is 0.0660. The van der Waals surface area contributed by atoms with E-state index < -0.39 is 79.0 Å². The summed E-state index contributed by atoms with van der Waals surface area (Å²) in [6, 6.07) is 8.82. The molecule has 252 valence electrons. The van der Waals surface area contributed by atoms with Crippen LogP contribution in [0.2, 0.25) is 0 Å². The van der Waals surface area contributed by atoms with Crippen molar-refractivity contribution in [2.45, 2.75) is 61.7 Å². The third-order valence-corrected chi connectivity index (χ3v) is 7.98. The second-order valence-electron chi connectivity index (χ2n) is 11.1. The highest BCUT2D eigenvalue weighted by atomic mass is 19.1. The Morgan fingerprint density at radius 3 is 2.40 bits per heavy atom. The van der Waals surface area contributed by atoms with E-state index in [0.717, 1.165) is 6.21 Å². The number of aliphatic hydroxyl groups excluding tert-OH is 4. The molecule has 2 fully saturated rings. The molecular formula is C32H38F2N6O7. The summed E-state index contributed by atoms with van der Waals surface area (Å²) in [5, 5.41) is 52.5. The number of aliphatic imine (C=N–C) groups is 1. The van der Waals surface area contributed by atoms with Gasteiger partial charge in [-0.25, -0.2) is 8.78 Å². The molecule has 4 rings (SSSR count). The van der Waals surface area contributed by atoms with Gasteiger partial charge in [-0.2, -0.15) is 5.10 Å². The summed E-state index contributed by atoms with van der Waals surface area (Å²) in [5.41, 5.74) is 6.99. The lowest BCUT2D eigenvalue weighted by atomic mass is 9.81. The van der Waals surface area contributed by atoms with Gasteiger partial charge in [-0.3, -0.25) is 9.79 Å². The van der Waals surface area contributed by atoms with Crippen LogP contribution >= 0.6 is 0 Å². The Morgan fingerprint density at radius 1 is 1.09 bits per heavy atom. The number of ether oxygens (including phenoxy) is 2. The van der Waals surface area contributed by atoms with Gasteiger partial charge < -0.3 is 52.1 Å². The van der Waals surface area contributed by atoms with Gasteiger partial charge in [-0.05, 0) is 37.1 Å². The third-order valence-electron chi connectivity index (χ3n) is 7.98. The van der Waals surface area contributed by atoms with E-state index in [1.54, 1.807) is 6.07 Å². The highest BCUT2D eigenvalue weighted by molar-refractivity contribution is 6.38. The molecule has 9 atom stereocenters. The van der Waals surface area contributed by atoms with Crippen LogP contribution in [-0.2, 0) is 14.3 Å². The first-order valence-corrected chi connectivity index (χ1v) is 14.8. The zero-order chi connectivity index (χ0) is 34.1. The fourth-order valence-corrected chi connectivity index (χ4v) is 5.48. The minimum atomic E-state index is -1.65. The van der Waals surface area contributed by atoms with Crippen LogP contribution in [0.15, 0.2) is 64.8 Å². The Labute approximate surface area is 270 Å². The van der Waals surface area contributed by atoms with E-state index in [4.69, 9.17) is 27.5 Å². The smallest absolute Gasteiger partial charge is 0.224 e. The lowest BCUT2D eigenvalue weighted by Crippen LogP contribution is -2.61. The number of halogens is 2. The average Bonchev–Trinajstić information content (AvgIpc) is 3.06. The lowest BCUT2D eigenvalue weighted by Gasteiger charge is -2.44. The van der Waals surface area contributed by atoms with Crippen molar-refractivity contribution < 1.29 is 43.5 Å². The summed E-state index contributed by atoms with van der Waals surface area (Å²) in [4.78, 5) is 17.2. The lowest BCUT2D eigenvalue weighted by molar-refractivity contribution is -0.300. The van der Waals surface area contributed by atoms with Gasteiger partial charge in [-0.15, -0.1) is 6.42 Å². The summed E-state index contributed by atoms with van der Waals surface area (Å²) >= 11 is 0. The minimum Gasteiger partial charge on any atom is -0.397 e. The number of benzene rings is 2. The maximum atomic E-state index is 13.8. The Balaban J connectivity index is 1.56. The van der Waals surface area contributed by atoms with Crippen LogP contribution in [-0.4, -0.2) is 100 Å².